The fraction of sp³-hybridized carbons (Fsp3) is 0.263. The molecule has 2 aromatic heterocycles. The van der Waals surface area contributed by atoms with Gasteiger partial charge in [-0.25, -0.2) is 4.99 Å². The summed E-state index contributed by atoms with van der Waals surface area (Å²) in [5.74, 6) is 0.715. The van der Waals surface area contributed by atoms with E-state index >= 15 is 0 Å². The van der Waals surface area contributed by atoms with E-state index in [4.69, 9.17) is 0 Å². The van der Waals surface area contributed by atoms with Gasteiger partial charge in [0.2, 0.25) is 0 Å². The monoisotopic (exact) mass is 336 g/mol. The van der Waals surface area contributed by atoms with E-state index in [2.05, 4.69) is 48.3 Å². The van der Waals surface area contributed by atoms with Gasteiger partial charge in [-0.2, -0.15) is 5.26 Å². The first-order chi connectivity index (χ1) is 11.2. The zero-order chi connectivity index (χ0) is 15.8. The van der Waals surface area contributed by atoms with E-state index in [-0.39, 0.29) is 0 Å². The molecular weight excluding hydrogens is 320 g/mol. The van der Waals surface area contributed by atoms with Gasteiger partial charge in [0.1, 0.15) is 11.1 Å². The van der Waals surface area contributed by atoms with Crippen molar-refractivity contribution in [3.8, 4) is 6.07 Å². The van der Waals surface area contributed by atoms with Gasteiger partial charge in [0.15, 0.2) is 0 Å². The Morgan fingerprint density at radius 3 is 3.00 bits per heavy atom. The Balaban J connectivity index is 1.69. The van der Waals surface area contributed by atoms with Crippen molar-refractivity contribution in [3.63, 3.8) is 0 Å². The van der Waals surface area contributed by atoms with E-state index in [9.17, 15) is 5.26 Å². The predicted octanol–water partition coefficient (Wildman–Crippen LogP) is 5.71. The lowest BCUT2D eigenvalue weighted by Gasteiger charge is -2.17. The van der Waals surface area contributed by atoms with Crippen LogP contribution in [-0.4, -0.2) is 6.21 Å². The van der Waals surface area contributed by atoms with E-state index in [1.54, 1.807) is 22.7 Å². The number of hydrogen-bond donors (Lipinski definition) is 0. The summed E-state index contributed by atoms with van der Waals surface area (Å²) in [6.07, 6.45) is 5.20. The number of aliphatic imine (C=N–C) groups is 1. The normalized spacial score (nSPS) is 17.5. The molecule has 4 heteroatoms. The highest BCUT2D eigenvalue weighted by Gasteiger charge is 2.23. The maximum Gasteiger partial charge on any atom is 0.134 e. The molecule has 0 spiro atoms. The van der Waals surface area contributed by atoms with Crippen molar-refractivity contribution in [2.24, 2.45) is 10.9 Å². The molecule has 4 rings (SSSR count). The summed E-state index contributed by atoms with van der Waals surface area (Å²) in [6.45, 7) is 2.29. The predicted molar refractivity (Wildman–Crippen MR) is 99.3 cm³/mol. The van der Waals surface area contributed by atoms with Crippen molar-refractivity contribution in [1.82, 2.24) is 0 Å². The fourth-order valence-electron chi connectivity index (χ4n) is 3.13. The van der Waals surface area contributed by atoms with Crippen molar-refractivity contribution < 1.29 is 0 Å². The van der Waals surface area contributed by atoms with Gasteiger partial charge in [-0.05, 0) is 48.3 Å². The van der Waals surface area contributed by atoms with Crippen LogP contribution in [0.3, 0.4) is 0 Å². The van der Waals surface area contributed by atoms with Crippen LogP contribution in [0.4, 0.5) is 5.00 Å². The van der Waals surface area contributed by atoms with Crippen LogP contribution in [0.5, 0.6) is 0 Å². The molecule has 1 aromatic carbocycles. The highest BCUT2D eigenvalue weighted by Crippen LogP contribution is 2.40. The first kappa shape index (κ1) is 14.6. The van der Waals surface area contributed by atoms with Crippen molar-refractivity contribution in [2.75, 3.05) is 0 Å². The Kier molecular flexibility index (Phi) is 3.76. The lowest BCUT2D eigenvalue weighted by Crippen LogP contribution is -2.09. The van der Waals surface area contributed by atoms with Crippen molar-refractivity contribution in [3.05, 3.63) is 51.2 Å². The quantitative estimate of drug-likeness (QED) is 0.552. The summed E-state index contributed by atoms with van der Waals surface area (Å²) in [5, 5.41) is 11.7. The van der Waals surface area contributed by atoms with Gasteiger partial charge in [-0.15, -0.1) is 22.7 Å². The smallest absolute Gasteiger partial charge is 0.134 e. The minimum atomic E-state index is 0.715. The van der Waals surface area contributed by atoms with Crippen LogP contribution in [-0.2, 0) is 12.8 Å². The molecule has 1 atom stereocenters. The first-order valence-corrected chi connectivity index (χ1v) is 9.45. The van der Waals surface area contributed by atoms with Crippen LogP contribution >= 0.6 is 22.7 Å². The number of nitriles is 1. The molecule has 0 N–H and O–H groups in total. The molecule has 23 heavy (non-hydrogen) atoms. The summed E-state index contributed by atoms with van der Waals surface area (Å²) in [4.78, 5) is 7.15. The molecule has 114 valence electrons. The Bertz CT molecular complexity index is 907. The number of hydrogen-bond acceptors (Lipinski definition) is 4. The molecule has 0 fully saturated rings. The SMILES string of the molecule is C[C@@H]1CCc2c(sc(N=Cc3cc4ccccc4s3)c2C#N)C1. The largest absolute Gasteiger partial charge is 0.243 e. The molecule has 0 aliphatic heterocycles. The van der Waals surface area contributed by atoms with Gasteiger partial charge in [-0.1, -0.05) is 25.1 Å². The zero-order valence-corrected chi connectivity index (χ0v) is 14.5. The highest BCUT2D eigenvalue weighted by atomic mass is 32.1. The standard InChI is InChI=1S/C19H16N2S2/c1-12-6-7-15-16(10-20)19(23-18(15)8-12)21-11-14-9-13-4-2-3-5-17(13)22-14/h2-5,9,11-12H,6-8H2,1H3/t12-/m1/s1. The summed E-state index contributed by atoms with van der Waals surface area (Å²) >= 11 is 3.44. The van der Waals surface area contributed by atoms with Gasteiger partial charge in [0.25, 0.3) is 0 Å². The lowest BCUT2D eigenvalue weighted by atomic mass is 9.89. The Hall–Kier alpha value is -1.96. The average Bonchev–Trinajstić information content (AvgIpc) is 3.12. The van der Waals surface area contributed by atoms with Crippen LogP contribution in [0.25, 0.3) is 10.1 Å². The summed E-state index contributed by atoms with van der Waals surface area (Å²) in [6, 6.07) is 12.9. The second-order valence-corrected chi connectivity index (χ2v) is 8.29. The molecule has 1 aliphatic carbocycles. The zero-order valence-electron chi connectivity index (χ0n) is 12.9. The molecule has 0 saturated heterocycles. The maximum atomic E-state index is 9.53. The van der Waals surface area contributed by atoms with E-state index in [0.29, 0.717) is 5.92 Å². The number of fused-ring (bicyclic) bond motifs is 2. The van der Waals surface area contributed by atoms with Crippen LogP contribution < -0.4 is 0 Å². The molecule has 0 bridgehead atoms. The third kappa shape index (κ3) is 2.71. The molecule has 0 radical (unpaired) electrons. The van der Waals surface area contributed by atoms with Crippen molar-refractivity contribution in [1.29, 1.82) is 5.26 Å². The minimum Gasteiger partial charge on any atom is -0.243 e. The van der Waals surface area contributed by atoms with Gasteiger partial charge < -0.3 is 0 Å². The summed E-state index contributed by atoms with van der Waals surface area (Å²) in [5.41, 5.74) is 2.05. The first-order valence-electron chi connectivity index (χ1n) is 7.82. The van der Waals surface area contributed by atoms with Gasteiger partial charge in [-0.3, -0.25) is 0 Å². The molecular formula is C19H16N2S2. The Morgan fingerprint density at radius 2 is 2.17 bits per heavy atom. The van der Waals surface area contributed by atoms with E-state index < -0.39 is 0 Å². The molecule has 2 nitrogen and oxygen atoms in total. The van der Waals surface area contributed by atoms with Gasteiger partial charge in [0, 0.05) is 20.7 Å². The second-order valence-electron chi connectivity index (χ2n) is 6.09. The molecule has 0 saturated carbocycles. The number of benzene rings is 1. The average molecular weight is 336 g/mol. The molecule has 0 unspecified atom stereocenters. The Morgan fingerprint density at radius 1 is 1.30 bits per heavy atom. The van der Waals surface area contributed by atoms with E-state index in [1.807, 2.05) is 6.21 Å². The van der Waals surface area contributed by atoms with Crippen LogP contribution in [0.2, 0.25) is 0 Å². The Labute approximate surface area is 143 Å². The number of rotatable bonds is 2. The summed E-state index contributed by atoms with van der Waals surface area (Å²) < 4.78 is 1.27. The molecule has 0 amide bonds. The molecule has 1 aliphatic rings. The van der Waals surface area contributed by atoms with E-state index in [1.165, 1.54) is 26.9 Å². The summed E-state index contributed by atoms with van der Waals surface area (Å²) in [7, 11) is 0. The second kappa shape index (κ2) is 5.92. The van der Waals surface area contributed by atoms with Crippen LogP contribution in [0.15, 0.2) is 35.3 Å². The topological polar surface area (TPSA) is 36.1 Å². The number of nitrogens with zero attached hydrogens (tertiary/aromatic N) is 2. The fourth-order valence-corrected chi connectivity index (χ4v) is 5.37. The number of thiophene rings is 2. The van der Waals surface area contributed by atoms with Crippen molar-refractivity contribution in [2.45, 2.75) is 26.2 Å². The maximum absolute atomic E-state index is 9.53. The van der Waals surface area contributed by atoms with Gasteiger partial charge >= 0.3 is 0 Å². The lowest BCUT2D eigenvalue weighted by molar-refractivity contribution is 0.507. The third-order valence-electron chi connectivity index (χ3n) is 4.36. The third-order valence-corrected chi connectivity index (χ3v) is 6.57. The van der Waals surface area contributed by atoms with Crippen LogP contribution in [0, 0.1) is 17.2 Å². The van der Waals surface area contributed by atoms with Crippen LogP contribution in [0.1, 0.15) is 34.2 Å². The molecule has 3 aromatic rings. The van der Waals surface area contributed by atoms with Gasteiger partial charge in [0.05, 0.1) is 5.56 Å². The van der Waals surface area contributed by atoms with Crippen molar-refractivity contribution >= 4 is 44.0 Å². The minimum absolute atomic E-state index is 0.715. The molecule has 2 heterocycles. The van der Waals surface area contributed by atoms with E-state index in [0.717, 1.165) is 28.3 Å². The highest BCUT2D eigenvalue weighted by molar-refractivity contribution is 7.20.